The summed E-state index contributed by atoms with van der Waals surface area (Å²) in [5.74, 6) is 1.62. The van der Waals surface area contributed by atoms with Crippen molar-refractivity contribution in [3.05, 3.63) is 84.4 Å². The number of nitrogens with zero attached hydrogens (tertiary/aromatic N) is 1. The molecule has 0 radical (unpaired) electrons. The molecule has 3 amide bonds. The van der Waals surface area contributed by atoms with Crippen LogP contribution in [0, 0.1) is 12.8 Å². The van der Waals surface area contributed by atoms with Crippen LogP contribution in [0.4, 0.5) is 16.2 Å². The molecule has 0 atom stereocenters. The van der Waals surface area contributed by atoms with Crippen molar-refractivity contribution >= 4 is 23.3 Å². The van der Waals surface area contributed by atoms with Gasteiger partial charge in [0.2, 0.25) is 5.91 Å². The number of ether oxygens (including phenoxy) is 1. The first kappa shape index (κ1) is 24.3. The van der Waals surface area contributed by atoms with E-state index in [1.807, 2.05) is 85.8 Å². The van der Waals surface area contributed by atoms with Crippen LogP contribution in [0.5, 0.6) is 11.5 Å². The third-order valence-corrected chi connectivity index (χ3v) is 6.29. The molecule has 0 aromatic heterocycles. The maximum Gasteiger partial charge on any atom is 0.326 e. The Morgan fingerprint density at radius 3 is 2.20 bits per heavy atom. The fourth-order valence-corrected chi connectivity index (χ4v) is 4.29. The summed E-state index contributed by atoms with van der Waals surface area (Å²) < 4.78 is 5.88. The lowest BCUT2D eigenvalue weighted by Gasteiger charge is -2.25. The molecule has 0 unspecified atom stereocenters. The Morgan fingerprint density at radius 2 is 1.51 bits per heavy atom. The molecule has 1 saturated carbocycles. The van der Waals surface area contributed by atoms with Gasteiger partial charge in [0.15, 0.2) is 0 Å². The van der Waals surface area contributed by atoms with Crippen LogP contribution in [-0.4, -0.2) is 25.0 Å². The second-order valence-electron chi connectivity index (χ2n) is 8.98. The number of urea groups is 1. The molecule has 1 fully saturated rings. The first-order chi connectivity index (χ1) is 17.1. The van der Waals surface area contributed by atoms with Crippen molar-refractivity contribution in [2.45, 2.75) is 39.0 Å². The summed E-state index contributed by atoms with van der Waals surface area (Å²) in [5.41, 5.74) is 2.57. The normalized spacial score (nSPS) is 13.6. The predicted octanol–water partition coefficient (Wildman–Crippen LogP) is 6.52. The van der Waals surface area contributed by atoms with Gasteiger partial charge in [-0.3, -0.25) is 9.69 Å². The number of hydrogen-bond donors (Lipinski definition) is 2. The van der Waals surface area contributed by atoms with Crippen LogP contribution in [0.1, 0.15) is 37.7 Å². The van der Waals surface area contributed by atoms with Gasteiger partial charge in [0, 0.05) is 30.4 Å². The van der Waals surface area contributed by atoms with E-state index in [-0.39, 0.29) is 17.9 Å². The standard InChI is InChI=1S/C29H33N3O3/c1-22-12-14-24(15-13-22)31-29(34)32(21-20-30-28(33)23-8-4-2-5-9-23)25-16-18-27(19-17-25)35-26-10-6-3-7-11-26/h3,6-7,10-19,23H,2,4-5,8-9,20-21H2,1H3,(H,30,33)(H,31,34). The maximum absolute atomic E-state index is 13.2. The summed E-state index contributed by atoms with van der Waals surface area (Å²) in [5, 5.41) is 6.00. The first-order valence-electron chi connectivity index (χ1n) is 12.3. The summed E-state index contributed by atoms with van der Waals surface area (Å²) in [6.45, 7) is 2.75. The fraction of sp³-hybridized carbons (Fsp3) is 0.310. The largest absolute Gasteiger partial charge is 0.457 e. The molecule has 0 aliphatic heterocycles. The number of aryl methyl sites for hydroxylation is 1. The van der Waals surface area contributed by atoms with E-state index in [0.717, 1.165) is 48.4 Å². The Bertz CT molecular complexity index is 1090. The van der Waals surface area contributed by atoms with Gasteiger partial charge in [0.05, 0.1) is 0 Å². The molecule has 0 spiro atoms. The molecule has 3 aromatic rings. The van der Waals surface area contributed by atoms with Gasteiger partial charge in [-0.05, 0) is 68.3 Å². The quantitative estimate of drug-likeness (QED) is 0.393. The summed E-state index contributed by atoms with van der Waals surface area (Å²) in [6, 6.07) is 24.4. The summed E-state index contributed by atoms with van der Waals surface area (Å²) in [6.07, 6.45) is 5.33. The Morgan fingerprint density at radius 1 is 0.857 bits per heavy atom. The number of anilines is 2. The first-order valence-corrected chi connectivity index (χ1v) is 12.3. The topological polar surface area (TPSA) is 70.7 Å². The minimum atomic E-state index is -0.252. The molecule has 2 N–H and O–H groups in total. The van der Waals surface area contributed by atoms with Crippen molar-refractivity contribution < 1.29 is 14.3 Å². The maximum atomic E-state index is 13.2. The Kier molecular flexibility index (Phi) is 8.39. The van der Waals surface area contributed by atoms with Crippen LogP contribution in [0.15, 0.2) is 78.9 Å². The lowest BCUT2D eigenvalue weighted by Crippen LogP contribution is -2.42. The molecule has 35 heavy (non-hydrogen) atoms. The van der Waals surface area contributed by atoms with E-state index < -0.39 is 0 Å². The lowest BCUT2D eigenvalue weighted by molar-refractivity contribution is -0.125. The monoisotopic (exact) mass is 471 g/mol. The number of carbonyl (C=O) groups excluding carboxylic acids is 2. The van der Waals surface area contributed by atoms with Crippen molar-refractivity contribution in [2.24, 2.45) is 5.92 Å². The van der Waals surface area contributed by atoms with E-state index in [1.165, 1.54) is 6.42 Å². The zero-order valence-corrected chi connectivity index (χ0v) is 20.2. The minimum Gasteiger partial charge on any atom is -0.457 e. The second-order valence-corrected chi connectivity index (χ2v) is 8.98. The lowest BCUT2D eigenvalue weighted by atomic mass is 9.89. The third-order valence-electron chi connectivity index (χ3n) is 6.29. The average molecular weight is 472 g/mol. The number of carbonyl (C=O) groups is 2. The average Bonchev–Trinajstić information content (AvgIpc) is 2.89. The summed E-state index contributed by atoms with van der Waals surface area (Å²) in [4.78, 5) is 27.4. The van der Waals surface area contributed by atoms with Crippen LogP contribution < -0.4 is 20.3 Å². The zero-order valence-electron chi connectivity index (χ0n) is 20.2. The van der Waals surface area contributed by atoms with Crippen LogP contribution in [-0.2, 0) is 4.79 Å². The molecule has 6 nitrogen and oxygen atoms in total. The number of benzene rings is 3. The number of para-hydroxylation sites is 1. The third kappa shape index (κ3) is 7.09. The highest BCUT2D eigenvalue weighted by molar-refractivity contribution is 6.01. The Balaban J connectivity index is 1.43. The highest BCUT2D eigenvalue weighted by Crippen LogP contribution is 2.26. The molecule has 6 heteroatoms. The van der Waals surface area contributed by atoms with E-state index in [4.69, 9.17) is 4.74 Å². The van der Waals surface area contributed by atoms with E-state index in [1.54, 1.807) is 4.90 Å². The van der Waals surface area contributed by atoms with Gasteiger partial charge in [0.1, 0.15) is 11.5 Å². The Hall–Kier alpha value is -3.80. The minimum absolute atomic E-state index is 0.0907. The summed E-state index contributed by atoms with van der Waals surface area (Å²) in [7, 11) is 0. The van der Waals surface area contributed by atoms with Crippen molar-refractivity contribution in [1.82, 2.24) is 5.32 Å². The molecule has 1 aliphatic rings. The molecule has 3 aromatic carbocycles. The van der Waals surface area contributed by atoms with Gasteiger partial charge in [-0.15, -0.1) is 0 Å². The van der Waals surface area contributed by atoms with Crippen LogP contribution in [0.2, 0.25) is 0 Å². The van der Waals surface area contributed by atoms with Crippen LogP contribution in [0.3, 0.4) is 0 Å². The van der Waals surface area contributed by atoms with Gasteiger partial charge in [0.25, 0.3) is 0 Å². The van der Waals surface area contributed by atoms with Gasteiger partial charge >= 0.3 is 6.03 Å². The molecule has 182 valence electrons. The van der Waals surface area contributed by atoms with E-state index in [0.29, 0.717) is 18.8 Å². The van der Waals surface area contributed by atoms with Gasteiger partial charge in [-0.2, -0.15) is 0 Å². The molecule has 0 bridgehead atoms. The van der Waals surface area contributed by atoms with E-state index in [9.17, 15) is 9.59 Å². The molecule has 0 heterocycles. The SMILES string of the molecule is Cc1ccc(NC(=O)N(CCNC(=O)C2CCCCC2)c2ccc(Oc3ccccc3)cc2)cc1. The number of hydrogen-bond acceptors (Lipinski definition) is 3. The second kappa shape index (κ2) is 12.1. The molecular formula is C29H33N3O3. The summed E-state index contributed by atoms with van der Waals surface area (Å²) >= 11 is 0. The van der Waals surface area contributed by atoms with Gasteiger partial charge in [-0.1, -0.05) is 55.2 Å². The molecule has 4 rings (SSSR count). The molecule has 1 aliphatic carbocycles. The fourth-order valence-electron chi connectivity index (χ4n) is 4.29. The molecular weight excluding hydrogens is 438 g/mol. The smallest absolute Gasteiger partial charge is 0.326 e. The van der Waals surface area contributed by atoms with Crippen molar-refractivity contribution in [3.63, 3.8) is 0 Å². The zero-order chi connectivity index (χ0) is 24.5. The molecule has 0 saturated heterocycles. The highest BCUT2D eigenvalue weighted by Gasteiger charge is 2.22. The van der Waals surface area contributed by atoms with Crippen LogP contribution in [0.25, 0.3) is 0 Å². The van der Waals surface area contributed by atoms with E-state index in [2.05, 4.69) is 10.6 Å². The van der Waals surface area contributed by atoms with Gasteiger partial charge < -0.3 is 15.4 Å². The van der Waals surface area contributed by atoms with Crippen LogP contribution >= 0.6 is 0 Å². The number of rotatable bonds is 8. The van der Waals surface area contributed by atoms with Gasteiger partial charge in [-0.25, -0.2) is 4.79 Å². The highest BCUT2D eigenvalue weighted by atomic mass is 16.5. The Labute approximate surface area is 207 Å². The number of amides is 3. The van der Waals surface area contributed by atoms with E-state index >= 15 is 0 Å². The van der Waals surface area contributed by atoms with Crippen molar-refractivity contribution in [1.29, 1.82) is 0 Å². The van der Waals surface area contributed by atoms with Crippen molar-refractivity contribution in [2.75, 3.05) is 23.3 Å². The van der Waals surface area contributed by atoms with Crippen molar-refractivity contribution in [3.8, 4) is 11.5 Å². The predicted molar refractivity (Wildman–Crippen MR) is 140 cm³/mol. The number of nitrogens with one attached hydrogen (secondary N) is 2.